The van der Waals surface area contributed by atoms with Gasteiger partial charge in [0.15, 0.2) is 0 Å². The molecule has 0 aliphatic heterocycles. The van der Waals surface area contributed by atoms with Crippen LogP contribution >= 0.6 is 0 Å². The smallest absolute Gasteiger partial charge is 0.202 e. The molecule has 0 saturated heterocycles. The molecule has 0 saturated carbocycles. The van der Waals surface area contributed by atoms with Gasteiger partial charge in [0.25, 0.3) is 0 Å². The average molecular weight is 332 g/mol. The Hall–Kier alpha value is -2.78. The first-order valence-corrected chi connectivity index (χ1v) is 8.74. The lowest BCUT2D eigenvalue weighted by atomic mass is 10.1. The van der Waals surface area contributed by atoms with E-state index in [0.29, 0.717) is 10.5 Å². The van der Waals surface area contributed by atoms with Gasteiger partial charge in [-0.05, 0) is 23.8 Å². The molecule has 3 aromatic rings. The van der Waals surface area contributed by atoms with Crippen LogP contribution in [0.3, 0.4) is 0 Å². The molecule has 0 spiro atoms. The van der Waals surface area contributed by atoms with E-state index in [-0.39, 0.29) is 10.7 Å². The zero-order chi connectivity index (χ0) is 16.8. The third-order valence-corrected chi connectivity index (χ3v) is 4.92. The number of rotatable bonds is 5. The highest BCUT2D eigenvalue weighted by atomic mass is 32.2. The normalized spacial score (nSPS) is 12.6. The molecule has 118 valence electrons. The second-order valence-electron chi connectivity index (χ2n) is 5.20. The minimum absolute atomic E-state index is 0.221. The molecule has 3 heteroatoms. The van der Waals surface area contributed by atoms with Crippen molar-refractivity contribution in [2.24, 2.45) is 0 Å². The molecule has 24 heavy (non-hydrogen) atoms. The van der Waals surface area contributed by atoms with Crippen LogP contribution in [0.25, 0.3) is 6.08 Å². The van der Waals surface area contributed by atoms with Crippen molar-refractivity contribution < 1.29 is 9.00 Å². The summed E-state index contributed by atoms with van der Waals surface area (Å²) in [7, 11) is -1.54. The molecule has 0 N–H and O–H groups in total. The van der Waals surface area contributed by atoms with E-state index in [1.165, 1.54) is 0 Å². The number of Topliss-reactive ketones (excluding diaryl/α,β-unsaturated/α-hetero) is 1. The van der Waals surface area contributed by atoms with Crippen molar-refractivity contribution in [2.45, 2.75) is 4.90 Å². The summed E-state index contributed by atoms with van der Waals surface area (Å²) in [6, 6.07) is 27.5. The number of allylic oxidation sites excluding steroid dienone is 1. The van der Waals surface area contributed by atoms with E-state index in [1.807, 2.05) is 54.6 Å². The summed E-state index contributed by atoms with van der Waals surface area (Å²) in [6.45, 7) is 0. The Balaban J connectivity index is 2.06. The van der Waals surface area contributed by atoms with Gasteiger partial charge in [0.05, 0.1) is 15.7 Å². The second-order valence-corrected chi connectivity index (χ2v) is 6.64. The molecule has 0 radical (unpaired) electrons. The summed E-state index contributed by atoms with van der Waals surface area (Å²) in [4.78, 5) is 13.8. The Morgan fingerprint density at radius 1 is 0.708 bits per heavy atom. The van der Waals surface area contributed by atoms with Gasteiger partial charge in [-0.25, -0.2) is 4.21 Å². The van der Waals surface area contributed by atoms with Gasteiger partial charge in [-0.15, -0.1) is 0 Å². The van der Waals surface area contributed by atoms with Crippen LogP contribution in [0.1, 0.15) is 15.9 Å². The highest BCUT2D eigenvalue weighted by Crippen LogP contribution is 2.21. The first-order valence-electron chi connectivity index (χ1n) is 7.59. The Kier molecular flexibility index (Phi) is 5.14. The van der Waals surface area contributed by atoms with Crippen molar-refractivity contribution in [1.82, 2.24) is 0 Å². The quantitative estimate of drug-likeness (QED) is 0.500. The lowest BCUT2D eigenvalue weighted by Gasteiger charge is -2.08. The first-order chi connectivity index (χ1) is 11.8. The summed E-state index contributed by atoms with van der Waals surface area (Å²) in [5.74, 6) is -0.221. The lowest BCUT2D eigenvalue weighted by Crippen LogP contribution is -2.09. The summed E-state index contributed by atoms with van der Waals surface area (Å²) < 4.78 is 13.0. The molecule has 0 aromatic heterocycles. The summed E-state index contributed by atoms with van der Waals surface area (Å²) in [6.07, 6.45) is 1.71. The largest absolute Gasteiger partial charge is 0.288 e. The minimum Gasteiger partial charge on any atom is -0.288 e. The zero-order valence-corrected chi connectivity index (χ0v) is 13.8. The Labute approximate surface area is 143 Å². The van der Waals surface area contributed by atoms with Crippen LogP contribution in [0.15, 0.2) is 101 Å². The summed E-state index contributed by atoms with van der Waals surface area (Å²) in [5, 5.41) is 0. The van der Waals surface area contributed by atoms with Crippen LogP contribution in [0.2, 0.25) is 0 Å². The van der Waals surface area contributed by atoms with Crippen molar-refractivity contribution in [3.05, 3.63) is 107 Å². The van der Waals surface area contributed by atoms with Crippen LogP contribution in [0.5, 0.6) is 0 Å². The summed E-state index contributed by atoms with van der Waals surface area (Å²) in [5.41, 5.74) is 1.38. The molecule has 2 nitrogen and oxygen atoms in total. The van der Waals surface area contributed by atoms with Crippen molar-refractivity contribution in [3.63, 3.8) is 0 Å². The van der Waals surface area contributed by atoms with E-state index >= 15 is 0 Å². The Morgan fingerprint density at radius 2 is 1.21 bits per heavy atom. The molecule has 0 amide bonds. The number of benzene rings is 3. The van der Waals surface area contributed by atoms with Gasteiger partial charge >= 0.3 is 0 Å². The Bertz CT molecular complexity index is 816. The fraction of sp³-hybridized carbons (Fsp3) is 0. The van der Waals surface area contributed by atoms with Gasteiger partial charge in [0.1, 0.15) is 0 Å². The number of ketones is 1. The van der Waals surface area contributed by atoms with Gasteiger partial charge in [-0.1, -0.05) is 78.9 Å². The molecule has 0 aliphatic carbocycles. The summed E-state index contributed by atoms with van der Waals surface area (Å²) >= 11 is 0. The minimum atomic E-state index is -1.54. The van der Waals surface area contributed by atoms with Crippen molar-refractivity contribution in [3.8, 4) is 0 Å². The lowest BCUT2D eigenvalue weighted by molar-refractivity contribution is 0.104. The molecular weight excluding hydrogens is 316 g/mol. The fourth-order valence-corrected chi connectivity index (χ4v) is 3.49. The van der Waals surface area contributed by atoms with Crippen LogP contribution in [0, 0.1) is 0 Å². The molecule has 1 atom stereocenters. The molecule has 0 aliphatic rings. The molecule has 3 rings (SSSR count). The Morgan fingerprint density at radius 3 is 1.79 bits per heavy atom. The van der Waals surface area contributed by atoms with Crippen molar-refractivity contribution in [1.29, 1.82) is 0 Å². The topological polar surface area (TPSA) is 34.1 Å². The molecule has 0 fully saturated rings. The van der Waals surface area contributed by atoms with E-state index in [2.05, 4.69) is 0 Å². The van der Waals surface area contributed by atoms with Crippen LogP contribution in [-0.2, 0) is 10.8 Å². The van der Waals surface area contributed by atoms with Crippen molar-refractivity contribution in [2.75, 3.05) is 0 Å². The van der Waals surface area contributed by atoms with Crippen LogP contribution in [-0.4, -0.2) is 9.99 Å². The predicted molar refractivity (Wildman–Crippen MR) is 98.0 cm³/mol. The maximum absolute atomic E-state index is 13.0. The number of carbonyl (C=O) groups is 1. The maximum atomic E-state index is 13.0. The fourth-order valence-electron chi connectivity index (χ4n) is 2.31. The average Bonchev–Trinajstić information content (AvgIpc) is 2.67. The van der Waals surface area contributed by atoms with E-state index in [0.717, 1.165) is 5.56 Å². The molecule has 1 unspecified atom stereocenters. The zero-order valence-electron chi connectivity index (χ0n) is 13.0. The van der Waals surface area contributed by atoms with Crippen molar-refractivity contribution >= 4 is 22.7 Å². The van der Waals surface area contributed by atoms with Gasteiger partial charge < -0.3 is 0 Å². The van der Waals surface area contributed by atoms with Gasteiger partial charge in [-0.3, -0.25) is 4.79 Å². The van der Waals surface area contributed by atoms with Gasteiger partial charge in [0.2, 0.25) is 5.78 Å². The van der Waals surface area contributed by atoms with Crippen LogP contribution < -0.4 is 0 Å². The maximum Gasteiger partial charge on any atom is 0.202 e. The number of hydrogen-bond acceptors (Lipinski definition) is 2. The third-order valence-electron chi connectivity index (χ3n) is 3.51. The third kappa shape index (κ3) is 3.76. The van der Waals surface area contributed by atoms with E-state index in [9.17, 15) is 9.00 Å². The monoisotopic (exact) mass is 332 g/mol. The molecule has 0 bridgehead atoms. The molecule has 3 aromatic carbocycles. The highest BCUT2D eigenvalue weighted by Gasteiger charge is 2.20. The predicted octanol–water partition coefficient (Wildman–Crippen LogP) is 4.72. The number of carbonyl (C=O) groups excluding carboxylic acids is 1. The molecule has 0 heterocycles. The van der Waals surface area contributed by atoms with Gasteiger partial charge in [0, 0.05) is 10.5 Å². The molecular formula is C21H16O2S. The SMILES string of the molecule is O=C(C(=Cc1ccccc1)S(=O)c1ccccc1)c1ccccc1. The van der Waals surface area contributed by atoms with E-state index < -0.39 is 10.8 Å². The van der Waals surface area contributed by atoms with E-state index in [1.54, 1.807) is 42.5 Å². The second kappa shape index (κ2) is 7.66. The number of hydrogen-bond donors (Lipinski definition) is 0. The van der Waals surface area contributed by atoms with Gasteiger partial charge in [-0.2, -0.15) is 0 Å². The highest BCUT2D eigenvalue weighted by molar-refractivity contribution is 7.90. The van der Waals surface area contributed by atoms with E-state index in [4.69, 9.17) is 0 Å². The standard InChI is InChI=1S/C21H16O2S/c22-21(18-12-6-2-7-13-18)20(16-17-10-4-1-5-11-17)24(23)19-14-8-3-9-15-19/h1-16H. The van der Waals surface area contributed by atoms with Crippen LogP contribution in [0.4, 0.5) is 0 Å². The first kappa shape index (κ1) is 16.1.